The highest BCUT2D eigenvalue weighted by molar-refractivity contribution is 5.95. The Balaban J connectivity index is 1.46. The van der Waals surface area contributed by atoms with Gasteiger partial charge >= 0.3 is 0 Å². The van der Waals surface area contributed by atoms with E-state index in [1.807, 2.05) is 28.8 Å². The van der Waals surface area contributed by atoms with Crippen molar-refractivity contribution in [1.29, 1.82) is 0 Å². The average Bonchev–Trinajstić information content (AvgIpc) is 3.28. The topological polar surface area (TPSA) is 71.8 Å². The number of carbonyl (C=O) groups excluding carboxylic acids is 1. The third kappa shape index (κ3) is 3.31. The number of benzene rings is 1. The van der Waals surface area contributed by atoms with Crippen LogP contribution in [0.15, 0.2) is 30.6 Å². The van der Waals surface area contributed by atoms with Gasteiger partial charge in [-0.3, -0.25) is 4.79 Å². The Labute approximate surface area is 148 Å². The number of hydrogen-bond donors (Lipinski definition) is 2. The summed E-state index contributed by atoms with van der Waals surface area (Å²) in [7, 11) is 0. The second-order valence-electron chi connectivity index (χ2n) is 7.12. The molecule has 2 aliphatic rings. The minimum atomic E-state index is -0.0731. The van der Waals surface area contributed by atoms with Gasteiger partial charge in [0.15, 0.2) is 5.82 Å². The van der Waals surface area contributed by atoms with Crippen LogP contribution in [0.2, 0.25) is 0 Å². The molecule has 1 aliphatic carbocycles. The van der Waals surface area contributed by atoms with Gasteiger partial charge < -0.3 is 15.2 Å². The fourth-order valence-corrected chi connectivity index (χ4v) is 4.20. The number of fused-ring (bicyclic) bond motifs is 1. The van der Waals surface area contributed by atoms with Crippen LogP contribution in [0.3, 0.4) is 0 Å². The molecule has 1 saturated carbocycles. The summed E-state index contributed by atoms with van der Waals surface area (Å²) in [5, 5.41) is 14.8. The van der Waals surface area contributed by atoms with Crippen molar-refractivity contribution < 1.29 is 4.79 Å². The van der Waals surface area contributed by atoms with Crippen molar-refractivity contribution in [3.63, 3.8) is 0 Å². The van der Waals surface area contributed by atoms with Crippen molar-refractivity contribution in [2.24, 2.45) is 5.92 Å². The molecule has 0 spiro atoms. The largest absolute Gasteiger partial charge is 0.325 e. The van der Waals surface area contributed by atoms with E-state index in [1.54, 1.807) is 6.33 Å². The summed E-state index contributed by atoms with van der Waals surface area (Å²) in [5.74, 6) is 1.56. The summed E-state index contributed by atoms with van der Waals surface area (Å²) in [4.78, 5) is 12.7. The second kappa shape index (κ2) is 6.96. The van der Waals surface area contributed by atoms with Crippen LogP contribution in [-0.2, 0) is 11.3 Å². The van der Waals surface area contributed by atoms with Crippen LogP contribution in [0.4, 0.5) is 5.69 Å². The third-order valence-corrected chi connectivity index (χ3v) is 5.52. The molecule has 0 radical (unpaired) electrons. The van der Waals surface area contributed by atoms with Crippen LogP contribution in [0.5, 0.6) is 0 Å². The lowest BCUT2D eigenvalue weighted by Gasteiger charge is -2.24. The molecule has 1 aromatic heterocycles. The zero-order chi connectivity index (χ0) is 17.2. The monoisotopic (exact) mass is 339 g/mol. The van der Waals surface area contributed by atoms with Gasteiger partial charge in [0.2, 0.25) is 5.91 Å². The van der Waals surface area contributed by atoms with E-state index in [2.05, 4.69) is 27.8 Å². The van der Waals surface area contributed by atoms with Gasteiger partial charge in [0.25, 0.3) is 0 Å². The molecule has 3 unspecified atom stereocenters. The van der Waals surface area contributed by atoms with Crippen molar-refractivity contribution in [3.8, 4) is 11.4 Å². The molecular weight excluding hydrogens is 314 g/mol. The average molecular weight is 339 g/mol. The second-order valence-corrected chi connectivity index (χ2v) is 7.12. The van der Waals surface area contributed by atoms with Gasteiger partial charge in [0, 0.05) is 23.8 Å². The summed E-state index contributed by atoms with van der Waals surface area (Å²) in [6, 6.07) is 8.29. The maximum atomic E-state index is 12.7. The Bertz CT molecular complexity index is 742. The minimum Gasteiger partial charge on any atom is -0.325 e. The van der Waals surface area contributed by atoms with Gasteiger partial charge in [-0.05, 0) is 44.2 Å². The molecule has 1 aromatic carbocycles. The maximum Gasteiger partial charge on any atom is 0.241 e. The van der Waals surface area contributed by atoms with Gasteiger partial charge in [-0.25, -0.2) is 0 Å². The number of anilines is 1. The summed E-state index contributed by atoms with van der Waals surface area (Å²) in [5.41, 5.74) is 1.77. The molecule has 2 fully saturated rings. The predicted molar refractivity (Wildman–Crippen MR) is 97.0 cm³/mol. The molecule has 1 saturated heterocycles. The number of carbonyl (C=O) groups is 1. The van der Waals surface area contributed by atoms with Gasteiger partial charge in [-0.15, -0.1) is 10.2 Å². The van der Waals surface area contributed by atoms with Crippen molar-refractivity contribution in [2.45, 2.75) is 57.7 Å². The van der Waals surface area contributed by atoms with E-state index >= 15 is 0 Å². The van der Waals surface area contributed by atoms with Crippen molar-refractivity contribution >= 4 is 11.6 Å². The maximum absolute atomic E-state index is 12.7. The Morgan fingerprint density at radius 2 is 2.24 bits per heavy atom. The normalized spacial score (nSPS) is 25.6. The number of aryl methyl sites for hydroxylation is 1. The van der Waals surface area contributed by atoms with Gasteiger partial charge in [-0.1, -0.05) is 25.0 Å². The molecule has 6 nitrogen and oxygen atoms in total. The quantitative estimate of drug-likeness (QED) is 0.898. The smallest absolute Gasteiger partial charge is 0.241 e. The van der Waals surface area contributed by atoms with E-state index in [0.29, 0.717) is 12.0 Å². The number of hydrogen-bond acceptors (Lipinski definition) is 4. The van der Waals surface area contributed by atoms with E-state index in [4.69, 9.17) is 0 Å². The lowest BCUT2D eigenvalue weighted by molar-refractivity contribution is -0.117. The number of nitrogens with one attached hydrogen (secondary N) is 2. The molecular formula is C19H25N5O. The number of aromatic nitrogens is 3. The molecule has 132 valence electrons. The van der Waals surface area contributed by atoms with Crippen LogP contribution in [0.1, 0.15) is 39.0 Å². The summed E-state index contributed by atoms with van der Waals surface area (Å²) < 4.78 is 1.99. The van der Waals surface area contributed by atoms with Crippen molar-refractivity contribution in [1.82, 2.24) is 20.1 Å². The first-order valence-corrected chi connectivity index (χ1v) is 9.29. The molecule has 4 rings (SSSR count). The standard InChI is InChI=1S/C19H25N5O/c1-2-24-12-20-23-18(24)14-7-5-8-15(10-14)21-19(25)17-11-13-6-3-4-9-16(13)22-17/h5,7-8,10,12-13,16-17,22H,2-4,6,9,11H2,1H3,(H,21,25). The first-order valence-electron chi connectivity index (χ1n) is 9.29. The van der Waals surface area contributed by atoms with E-state index in [9.17, 15) is 4.79 Å². The third-order valence-electron chi connectivity index (χ3n) is 5.52. The van der Waals surface area contributed by atoms with E-state index in [0.717, 1.165) is 30.0 Å². The predicted octanol–water partition coefficient (Wildman–Crippen LogP) is 2.82. The molecule has 25 heavy (non-hydrogen) atoms. The SMILES string of the molecule is CCn1cnnc1-c1cccc(NC(=O)C2CC3CCCCC3N2)c1. The highest BCUT2D eigenvalue weighted by Gasteiger charge is 2.38. The molecule has 6 heteroatoms. The van der Waals surface area contributed by atoms with E-state index in [-0.39, 0.29) is 11.9 Å². The number of rotatable bonds is 4. The number of amides is 1. The zero-order valence-electron chi connectivity index (χ0n) is 14.6. The Morgan fingerprint density at radius 3 is 3.08 bits per heavy atom. The fraction of sp³-hybridized carbons (Fsp3) is 0.526. The zero-order valence-corrected chi connectivity index (χ0v) is 14.6. The fourth-order valence-electron chi connectivity index (χ4n) is 4.20. The summed E-state index contributed by atoms with van der Waals surface area (Å²) >= 11 is 0. The summed E-state index contributed by atoms with van der Waals surface area (Å²) in [6.07, 6.45) is 7.73. The van der Waals surface area contributed by atoms with E-state index < -0.39 is 0 Å². The first-order chi connectivity index (χ1) is 12.2. The first kappa shape index (κ1) is 16.3. The Hall–Kier alpha value is -2.21. The van der Waals surface area contributed by atoms with Crippen molar-refractivity contribution in [3.05, 3.63) is 30.6 Å². The molecule has 1 aliphatic heterocycles. The van der Waals surface area contributed by atoms with Crippen LogP contribution >= 0.6 is 0 Å². The molecule has 3 atom stereocenters. The Morgan fingerprint density at radius 1 is 1.36 bits per heavy atom. The Kier molecular flexibility index (Phi) is 4.53. The highest BCUT2D eigenvalue weighted by Crippen LogP contribution is 2.33. The molecule has 2 N–H and O–H groups in total. The minimum absolute atomic E-state index is 0.0727. The van der Waals surface area contributed by atoms with Crippen LogP contribution < -0.4 is 10.6 Å². The molecule has 2 aromatic rings. The lowest BCUT2D eigenvalue weighted by Crippen LogP contribution is -2.39. The van der Waals surface area contributed by atoms with Gasteiger partial charge in [0.1, 0.15) is 6.33 Å². The van der Waals surface area contributed by atoms with E-state index in [1.165, 1.54) is 25.7 Å². The molecule has 0 bridgehead atoms. The van der Waals surface area contributed by atoms with Gasteiger partial charge in [-0.2, -0.15) is 0 Å². The molecule has 1 amide bonds. The van der Waals surface area contributed by atoms with Crippen LogP contribution in [0, 0.1) is 5.92 Å². The molecule has 2 heterocycles. The summed E-state index contributed by atoms with van der Waals surface area (Å²) in [6.45, 7) is 2.87. The highest BCUT2D eigenvalue weighted by atomic mass is 16.2. The van der Waals surface area contributed by atoms with Crippen LogP contribution in [-0.4, -0.2) is 32.8 Å². The lowest BCUT2D eigenvalue weighted by atomic mass is 9.85. The number of nitrogens with zero attached hydrogens (tertiary/aromatic N) is 3. The van der Waals surface area contributed by atoms with Gasteiger partial charge in [0.05, 0.1) is 6.04 Å². The van der Waals surface area contributed by atoms with Crippen molar-refractivity contribution in [2.75, 3.05) is 5.32 Å². The van der Waals surface area contributed by atoms with Crippen LogP contribution in [0.25, 0.3) is 11.4 Å².